The van der Waals surface area contributed by atoms with Crippen molar-refractivity contribution in [2.24, 2.45) is 0 Å². The van der Waals surface area contributed by atoms with Gasteiger partial charge in [0.05, 0.1) is 0 Å². The van der Waals surface area contributed by atoms with E-state index in [4.69, 9.17) is 0 Å². The van der Waals surface area contributed by atoms with Crippen molar-refractivity contribution in [2.75, 3.05) is 6.54 Å². The maximum Gasteiger partial charge on any atom is 0.219 e. The van der Waals surface area contributed by atoms with Gasteiger partial charge in [0, 0.05) is 25.8 Å². The molecule has 0 aromatic heterocycles. The van der Waals surface area contributed by atoms with E-state index in [1.54, 1.807) is 0 Å². The molecule has 3 nitrogen and oxygen atoms in total. The Kier molecular flexibility index (Phi) is 20.4. The SMILES string of the molecule is CC.CCCCNC(=O)CCCCCCCCC(=O)CC. The number of carbonyl (C=O) groups excluding carboxylic acids is 2. The number of ketones is 1. The van der Waals surface area contributed by atoms with Crippen molar-refractivity contribution in [3.8, 4) is 0 Å². The standard InChI is InChI=1S/C16H31NO2.C2H6/c1-3-5-14-17-16(19)13-11-9-7-6-8-10-12-15(18)4-2;1-2/h3-14H2,1-2H3,(H,17,19);1-2H3. The van der Waals surface area contributed by atoms with Crippen LogP contribution in [-0.4, -0.2) is 18.2 Å². The molecule has 0 aromatic carbocycles. The number of Topliss-reactive ketones (excluding diaryl/α,β-unsaturated/α-hetero) is 1. The van der Waals surface area contributed by atoms with Crippen molar-refractivity contribution in [1.82, 2.24) is 5.32 Å². The average molecular weight is 299 g/mol. The average Bonchev–Trinajstić information content (AvgIpc) is 2.51. The second-order valence-electron chi connectivity index (χ2n) is 5.22. The van der Waals surface area contributed by atoms with E-state index in [9.17, 15) is 9.59 Å². The first kappa shape index (κ1) is 22.4. The maximum absolute atomic E-state index is 11.4. The topological polar surface area (TPSA) is 46.2 Å². The van der Waals surface area contributed by atoms with Crippen LogP contribution in [0.5, 0.6) is 0 Å². The van der Waals surface area contributed by atoms with E-state index in [0.29, 0.717) is 18.6 Å². The fraction of sp³-hybridized carbons (Fsp3) is 0.889. The lowest BCUT2D eigenvalue weighted by Crippen LogP contribution is -2.23. The summed E-state index contributed by atoms with van der Waals surface area (Å²) in [6.45, 7) is 8.87. The van der Waals surface area contributed by atoms with E-state index in [-0.39, 0.29) is 5.91 Å². The normalized spacial score (nSPS) is 9.71. The minimum Gasteiger partial charge on any atom is -0.356 e. The number of amides is 1. The predicted octanol–water partition coefficient (Wildman–Crippen LogP) is 5.03. The molecule has 1 amide bonds. The first-order chi connectivity index (χ1) is 10.2. The molecule has 0 rings (SSSR count). The molecule has 0 saturated carbocycles. The Balaban J connectivity index is 0. The second-order valence-corrected chi connectivity index (χ2v) is 5.22. The van der Waals surface area contributed by atoms with Crippen molar-refractivity contribution >= 4 is 11.7 Å². The van der Waals surface area contributed by atoms with Gasteiger partial charge in [-0.2, -0.15) is 0 Å². The molecule has 0 fully saturated rings. The van der Waals surface area contributed by atoms with E-state index in [0.717, 1.165) is 51.5 Å². The van der Waals surface area contributed by atoms with Gasteiger partial charge in [-0.1, -0.05) is 59.8 Å². The van der Waals surface area contributed by atoms with Crippen LogP contribution in [0.3, 0.4) is 0 Å². The van der Waals surface area contributed by atoms with Gasteiger partial charge in [0.2, 0.25) is 5.91 Å². The third-order valence-corrected chi connectivity index (χ3v) is 3.36. The zero-order valence-corrected chi connectivity index (χ0v) is 14.8. The highest BCUT2D eigenvalue weighted by Crippen LogP contribution is 2.09. The highest BCUT2D eigenvalue weighted by Gasteiger charge is 2.00. The van der Waals surface area contributed by atoms with Crippen LogP contribution in [0.25, 0.3) is 0 Å². The largest absolute Gasteiger partial charge is 0.356 e. The van der Waals surface area contributed by atoms with Crippen LogP contribution in [0.4, 0.5) is 0 Å². The first-order valence-electron chi connectivity index (χ1n) is 8.99. The molecule has 1 N–H and O–H groups in total. The van der Waals surface area contributed by atoms with Crippen LogP contribution in [0.1, 0.15) is 98.3 Å². The molecule has 0 aliphatic heterocycles. The summed E-state index contributed by atoms with van der Waals surface area (Å²) in [7, 11) is 0. The molecule has 0 aliphatic rings. The molecule has 21 heavy (non-hydrogen) atoms. The summed E-state index contributed by atoms with van der Waals surface area (Å²) in [5.41, 5.74) is 0. The molecular weight excluding hydrogens is 262 g/mol. The molecule has 0 unspecified atom stereocenters. The van der Waals surface area contributed by atoms with Crippen molar-refractivity contribution in [1.29, 1.82) is 0 Å². The predicted molar refractivity (Wildman–Crippen MR) is 91.5 cm³/mol. The summed E-state index contributed by atoms with van der Waals surface area (Å²) in [6.07, 6.45) is 11.0. The van der Waals surface area contributed by atoms with Crippen LogP contribution in [-0.2, 0) is 9.59 Å². The third-order valence-electron chi connectivity index (χ3n) is 3.36. The molecule has 0 atom stereocenters. The molecule has 0 heterocycles. The molecule has 0 radical (unpaired) electrons. The maximum atomic E-state index is 11.4. The number of rotatable bonds is 13. The Labute approximate surface area is 132 Å². The third kappa shape index (κ3) is 19.1. The number of unbranched alkanes of at least 4 members (excludes halogenated alkanes) is 6. The smallest absolute Gasteiger partial charge is 0.219 e. The fourth-order valence-electron chi connectivity index (χ4n) is 1.98. The quantitative estimate of drug-likeness (QED) is 0.485. The van der Waals surface area contributed by atoms with Gasteiger partial charge in [-0.15, -0.1) is 0 Å². The lowest BCUT2D eigenvalue weighted by Gasteiger charge is -2.04. The van der Waals surface area contributed by atoms with E-state index >= 15 is 0 Å². The van der Waals surface area contributed by atoms with Crippen LogP contribution < -0.4 is 5.32 Å². The van der Waals surface area contributed by atoms with Crippen molar-refractivity contribution < 1.29 is 9.59 Å². The molecular formula is C18H37NO2. The van der Waals surface area contributed by atoms with E-state index in [2.05, 4.69) is 12.2 Å². The molecule has 0 aromatic rings. The monoisotopic (exact) mass is 299 g/mol. The van der Waals surface area contributed by atoms with E-state index < -0.39 is 0 Å². The Bertz CT molecular complexity index is 239. The molecule has 3 heteroatoms. The minimum absolute atomic E-state index is 0.196. The molecule has 0 spiro atoms. The summed E-state index contributed by atoms with van der Waals surface area (Å²) in [6, 6.07) is 0. The number of carbonyl (C=O) groups is 2. The summed E-state index contributed by atoms with van der Waals surface area (Å²) >= 11 is 0. The van der Waals surface area contributed by atoms with E-state index in [1.165, 1.54) is 12.8 Å². The summed E-state index contributed by atoms with van der Waals surface area (Å²) in [4.78, 5) is 22.5. The Morgan fingerprint density at radius 2 is 1.29 bits per heavy atom. The molecule has 0 aliphatic carbocycles. The van der Waals surface area contributed by atoms with Gasteiger partial charge >= 0.3 is 0 Å². The Hall–Kier alpha value is -0.860. The summed E-state index contributed by atoms with van der Waals surface area (Å²) in [5, 5.41) is 2.94. The van der Waals surface area contributed by atoms with Gasteiger partial charge in [-0.3, -0.25) is 9.59 Å². The van der Waals surface area contributed by atoms with Crippen LogP contribution in [0, 0.1) is 0 Å². The van der Waals surface area contributed by atoms with Gasteiger partial charge in [0.25, 0.3) is 0 Å². The Morgan fingerprint density at radius 1 is 0.762 bits per heavy atom. The zero-order valence-electron chi connectivity index (χ0n) is 14.8. The number of hydrogen-bond donors (Lipinski definition) is 1. The van der Waals surface area contributed by atoms with Crippen molar-refractivity contribution in [3.05, 3.63) is 0 Å². The molecule has 0 bridgehead atoms. The first-order valence-corrected chi connectivity index (χ1v) is 8.99. The van der Waals surface area contributed by atoms with Gasteiger partial charge < -0.3 is 5.32 Å². The van der Waals surface area contributed by atoms with Crippen LogP contribution in [0.15, 0.2) is 0 Å². The lowest BCUT2D eigenvalue weighted by molar-refractivity contribution is -0.121. The van der Waals surface area contributed by atoms with Crippen LogP contribution in [0.2, 0.25) is 0 Å². The van der Waals surface area contributed by atoms with Gasteiger partial charge in [-0.25, -0.2) is 0 Å². The fourth-order valence-corrected chi connectivity index (χ4v) is 1.98. The minimum atomic E-state index is 0.196. The van der Waals surface area contributed by atoms with E-state index in [1.807, 2.05) is 20.8 Å². The second kappa shape index (κ2) is 19.1. The number of nitrogens with one attached hydrogen (secondary N) is 1. The molecule has 0 saturated heterocycles. The highest BCUT2D eigenvalue weighted by molar-refractivity contribution is 5.77. The molecule has 126 valence electrons. The highest BCUT2D eigenvalue weighted by atomic mass is 16.1. The van der Waals surface area contributed by atoms with Crippen LogP contribution >= 0.6 is 0 Å². The lowest BCUT2D eigenvalue weighted by atomic mass is 10.1. The Morgan fingerprint density at radius 3 is 1.81 bits per heavy atom. The van der Waals surface area contributed by atoms with Gasteiger partial charge in [0.1, 0.15) is 5.78 Å². The van der Waals surface area contributed by atoms with Crippen molar-refractivity contribution in [3.63, 3.8) is 0 Å². The summed E-state index contributed by atoms with van der Waals surface area (Å²) < 4.78 is 0. The number of hydrogen-bond acceptors (Lipinski definition) is 2. The zero-order chi connectivity index (χ0) is 16.3. The van der Waals surface area contributed by atoms with Gasteiger partial charge in [0.15, 0.2) is 0 Å². The van der Waals surface area contributed by atoms with Gasteiger partial charge in [-0.05, 0) is 19.3 Å². The van der Waals surface area contributed by atoms with Crippen molar-refractivity contribution in [2.45, 2.75) is 98.3 Å². The summed E-state index contributed by atoms with van der Waals surface area (Å²) in [5.74, 6) is 0.575.